The predicted molar refractivity (Wildman–Crippen MR) is 103 cm³/mol. The van der Waals surface area contributed by atoms with Crippen molar-refractivity contribution >= 4 is 40.7 Å². The van der Waals surface area contributed by atoms with E-state index in [1.807, 2.05) is 12.1 Å². The third-order valence-electron chi connectivity index (χ3n) is 5.22. The Labute approximate surface area is 162 Å². The number of rotatable bonds is 4. The molecule has 2 aromatic rings. The lowest BCUT2D eigenvalue weighted by Gasteiger charge is -2.30. The number of fused-ring (bicyclic) bond motifs is 1. The van der Waals surface area contributed by atoms with Gasteiger partial charge in [0.05, 0.1) is 10.0 Å². The van der Waals surface area contributed by atoms with Crippen LogP contribution in [0.4, 0.5) is 5.69 Å². The Morgan fingerprint density at radius 2 is 1.96 bits per heavy atom. The minimum absolute atomic E-state index is 0.185. The molecule has 134 valence electrons. The summed E-state index contributed by atoms with van der Waals surface area (Å²) in [6.45, 7) is 1.08. The van der Waals surface area contributed by atoms with Gasteiger partial charge in [-0.3, -0.25) is 9.59 Å². The molecule has 1 N–H and O–H groups in total. The Kier molecular flexibility index (Phi) is 4.63. The molecule has 6 heteroatoms. The summed E-state index contributed by atoms with van der Waals surface area (Å²) in [4.78, 5) is 26.8. The summed E-state index contributed by atoms with van der Waals surface area (Å²) < 4.78 is 0. The highest BCUT2D eigenvalue weighted by Gasteiger charge is 2.38. The third-order valence-corrected chi connectivity index (χ3v) is 5.96. The van der Waals surface area contributed by atoms with Gasteiger partial charge in [0.25, 0.3) is 0 Å². The number of anilines is 1. The van der Waals surface area contributed by atoms with Gasteiger partial charge in [-0.05, 0) is 42.2 Å². The standard InChI is InChI=1S/C20H18Cl2N2O2/c21-17-6-5-14(10-18(17)22)24-8-7-16(20(24)26)19(25)23-11-13-9-12-3-1-2-4-15(12)13/h1-6,10,13,16H,7-9,11H2,(H,23,25). The molecular weight excluding hydrogens is 371 g/mol. The first-order chi connectivity index (χ1) is 12.5. The van der Waals surface area contributed by atoms with E-state index in [1.165, 1.54) is 11.1 Å². The molecule has 0 spiro atoms. The highest BCUT2D eigenvalue weighted by Crippen LogP contribution is 2.34. The number of nitrogens with one attached hydrogen (secondary N) is 1. The van der Waals surface area contributed by atoms with Gasteiger partial charge in [0.15, 0.2) is 0 Å². The van der Waals surface area contributed by atoms with Gasteiger partial charge < -0.3 is 10.2 Å². The maximum absolute atomic E-state index is 12.7. The van der Waals surface area contributed by atoms with E-state index in [0.29, 0.717) is 41.2 Å². The highest BCUT2D eigenvalue weighted by atomic mass is 35.5. The molecule has 4 nitrogen and oxygen atoms in total. The van der Waals surface area contributed by atoms with Crippen molar-refractivity contribution in [3.05, 3.63) is 63.6 Å². The average Bonchev–Trinajstić information content (AvgIpc) is 2.99. The van der Waals surface area contributed by atoms with Gasteiger partial charge in [-0.1, -0.05) is 47.5 Å². The van der Waals surface area contributed by atoms with Gasteiger partial charge >= 0.3 is 0 Å². The third kappa shape index (κ3) is 3.08. The fraction of sp³-hybridized carbons (Fsp3) is 0.300. The molecule has 2 aliphatic rings. The molecule has 0 radical (unpaired) electrons. The molecule has 2 unspecified atom stereocenters. The van der Waals surface area contributed by atoms with Crippen molar-refractivity contribution in [3.63, 3.8) is 0 Å². The summed E-state index contributed by atoms with van der Waals surface area (Å²) in [7, 11) is 0. The first-order valence-electron chi connectivity index (χ1n) is 8.66. The van der Waals surface area contributed by atoms with E-state index in [4.69, 9.17) is 23.2 Å². The van der Waals surface area contributed by atoms with Gasteiger partial charge in [-0.2, -0.15) is 0 Å². The second-order valence-corrected chi connectivity index (χ2v) is 7.59. The number of hydrogen-bond acceptors (Lipinski definition) is 2. The van der Waals surface area contributed by atoms with Crippen LogP contribution in [-0.4, -0.2) is 24.9 Å². The number of amides is 2. The Hall–Kier alpha value is -2.04. The molecule has 26 heavy (non-hydrogen) atoms. The molecule has 0 bridgehead atoms. The largest absolute Gasteiger partial charge is 0.355 e. The van der Waals surface area contributed by atoms with Crippen molar-refractivity contribution in [2.24, 2.45) is 5.92 Å². The van der Waals surface area contributed by atoms with Crippen LogP contribution < -0.4 is 10.2 Å². The average molecular weight is 389 g/mol. The molecule has 1 saturated heterocycles. The number of benzene rings is 2. The maximum atomic E-state index is 12.7. The van der Waals surface area contributed by atoms with Crippen LogP contribution in [0, 0.1) is 5.92 Å². The molecule has 0 aromatic heterocycles. The first kappa shape index (κ1) is 17.4. The molecule has 0 saturated carbocycles. The van der Waals surface area contributed by atoms with E-state index in [-0.39, 0.29) is 11.8 Å². The molecule has 2 atom stereocenters. The van der Waals surface area contributed by atoms with Gasteiger partial charge in [-0.15, -0.1) is 0 Å². The minimum atomic E-state index is -0.639. The smallest absolute Gasteiger partial charge is 0.239 e. The summed E-state index contributed by atoms with van der Waals surface area (Å²) in [5, 5.41) is 3.80. The van der Waals surface area contributed by atoms with Crippen molar-refractivity contribution in [3.8, 4) is 0 Å². The lowest BCUT2D eigenvalue weighted by Crippen LogP contribution is -2.40. The van der Waals surface area contributed by atoms with Crippen LogP contribution in [0.5, 0.6) is 0 Å². The van der Waals surface area contributed by atoms with Crippen LogP contribution in [0.1, 0.15) is 23.5 Å². The first-order valence-corrected chi connectivity index (χ1v) is 9.42. The predicted octanol–water partition coefficient (Wildman–Crippen LogP) is 3.80. The minimum Gasteiger partial charge on any atom is -0.355 e. The summed E-state index contributed by atoms with van der Waals surface area (Å²) in [6.07, 6.45) is 1.48. The molecule has 1 heterocycles. The quantitative estimate of drug-likeness (QED) is 0.809. The summed E-state index contributed by atoms with van der Waals surface area (Å²) in [5.74, 6) is -0.672. The van der Waals surface area contributed by atoms with Crippen LogP contribution in [0.2, 0.25) is 10.0 Å². The van der Waals surface area contributed by atoms with Crippen LogP contribution in [0.15, 0.2) is 42.5 Å². The molecule has 2 aromatic carbocycles. The number of nitrogens with zero attached hydrogens (tertiary/aromatic N) is 1. The van der Waals surface area contributed by atoms with Crippen molar-refractivity contribution in [1.29, 1.82) is 0 Å². The second-order valence-electron chi connectivity index (χ2n) is 6.77. The number of hydrogen-bond donors (Lipinski definition) is 1. The maximum Gasteiger partial charge on any atom is 0.239 e. The topological polar surface area (TPSA) is 49.4 Å². The number of carbonyl (C=O) groups is 2. The van der Waals surface area contributed by atoms with E-state index >= 15 is 0 Å². The second kappa shape index (κ2) is 6.93. The Bertz CT molecular complexity index is 884. The Morgan fingerprint density at radius 1 is 1.15 bits per heavy atom. The Balaban J connectivity index is 1.37. The number of carbonyl (C=O) groups excluding carboxylic acids is 2. The SMILES string of the molecule is O=C(NCC1Cc2ccccc21)C1CCN(c2ccc(Cl)c(Cl)c2)C1=O. The van der Waals surface area contributed by atoms with E-state index in [0.717, 1.165) is 6.42 Å². The molecule has 1 aliphatic carbocycles. The van der Waals surface area contributed by atoms with Crippen LogP contribution in [0.25, 0.3) is 0 Å². The van der Waals surface area contributed by atoms with E-state index in [2.05, 4.69) is 17.4 Å². The zero-order chi connectivity index (χ0) is 18.3. The molecule has 1 fully saturated rings. The normalized spacial score (nSPS) is 21.3. The highest BCUT2D eigenvalue weighted by molar-refractivity contribution is 6.42. The van der Waals surface area contributed by atoms with Crippen molar-refractivity contribution in [1.82, 2.24) is 5.32 Å². The monoisotopic (exact) mass is 388 g/mol. The van der Waals surface area contributed by atoms with Gasteiger partial charge in [-0.25, -0.2) is 0 Å². The fourth-order valence-electron chi connectivity index (χ4n) is 3.72. The van der Waals surface area contributed by atoms with E-state index in [9.17, 15) is 9.59 Å². The zero-order valence-corrected chi connectivity index (χ0v) is 15.6. The van der Waals surface area contributed by atoms with Crippen LogP contribution in [-0.2, 0) is 16.0 Å². The lowest BCUT2D eigenvalue weighted by atomic mass is 9.77. The summed E-state index contributed by atoms with van der Waals surface area (Å²) >= 11 is 12.0. The number of halogens is 2. The molecule has 4 rings (SSSR count). The van der Waals surface area contributed by atoms with Gasteiger partial charge in [0.1, 0.15) is 5.92 Å². The fourth-order valence-corrected chi connectivity index (χ4v) is 4.02. The van der Waals surface area contributed by atoms with Crippen LogP contribution in [0.3, 0.4) is 0 Å². The molecular formula is C20H18Cl2N2O2. The molecule has 2 amide bonds. The zero-order valence-electron chi connectivity index (χ0n) is 14.0. The lowest BCUT2D eigenvalue weighted by molar-refractivity contribution is -0.132. The van der Waals surface area contributed by atoms with Gasteiger partial charge in [0.2, 0.25) is 11.8 Å². The summed E-state index contributed by atoms with van der Waals surface area (Å²) in [5.41, 5.74) is 3.31. The van der Waals surface area contributed by atoms with E-state index in [1.54, 1.807) is 23.1 Å². The van der Waals surface area contributed by atoms with Crippen molar-refractivity contribution in [2.45, 2.75) is 18.8 Å². The van der Waals surface area contributed by atoms with E-state index < -0.39 is 5.92 Å². The van der Waals surface area contributed by atoms with Crippen molar-refractivity contribution < 1.29 is 9.59 Å². The van der Waals surface area contributed by atoms with Crippen LogP contribution >= 0.6 is 23.2 Å². The van der Waals surface area contributed by atoms with Gasteiger partial charge in [0, 0.05) is 24.7 Å². The Morgan fingerprint density at radius 3 is 2.73 bits per heavy atom. The van der Waals surface area contributed by atoms with Crippen molar-refractivity contribution in [2.75, 3.05) is 18.0 Å². The summed E-state index contributed by atoms with van der Waals surface area (Å²) in [6, 6.07) is 13.3. The molecule has 1 aliphatic heterocycles.